The molecule has 2 atom stereocenters. The van der Waals surface area contributed by atoms with Crippen molar-refractivity contribution in [3.63, 3.8) is 0 Å². The van der Waals surface area contributed by atoms with Gasteiger partial charge in [0.05, 0.1) is 5.92 Å². The summed E-state index contributed by atoms with van der Waals surface area (Å²) in [4.78, 5) is 12.0. The van der Waals surface area contributed by atoms with Crippen molar-refractivity contribution in [1.82, 2.24) is 10.6 Å². The average molecular weight is 227 g/mol. The topological polar surface area (TPSA) is 67.1 Å². The summed E-state index contributed by atoms with van der Waals surface area (Å²) < 4.78 is 0. The van der Waals surface area contributed by atoms with Gasteiger partial charge in [-0.1, -0.05) is 19.8 Å². The fraction of sp³-hybridized carbons (Fsp3) is 0.917. The number of nitrogens with one attached hydrogen (secondary N) is 2. The Hall–Kier alpha value is -0.610. The standard InChI is InChI=1S/C12H25N3O/c1-3-14-8-9-15-11(16)10-6-4-5-7-12(10,2)13/h10,14H,3-9,13H2,1-2H3,(H,15,16). The van der Waals surface area contributed by atoms with Crippen molar-refractivity contribution in [3.8, 4) is 0 Å². The van der Waals surface area contributed by atoms with Crippen molar-refractivity contribution >= 4 is 5.91 Å². The van der Waals surface area contributed by atoms with E-state index in [0.717, 1.165) is 38.8 Å². The minimum Gasteiger partial charge on any atom is -0.355 e. The van der Waals surface area contributed by atoms with Gasteiger partial charge in [0.1, 0.15) is 0 Å². The van der Waals surface area contributed by atoms with Crippen molar-refractivity contribution in [2.24, 2.45) is 11.7 Å². The van der Waals surface area contributed by atoms with Crippen molar-refractivity contribution in [1.29, 1.82) is 0 Å². The number of carbonyl (C=O) groups excluding carboxylic acids is 1. The van der Waals surface area contributed by atoms with Gasteiger partial charge in [0, 0.05) is 18.6 Å². The Morgan fingerprint density at radius 3 is 2.81 bits per heavy atom. The van der Waals surface area contributed by atoms with Gasteiger partial charge in [-0.2, -0.15) is 0 Å². The van der Waals surface area contributed by atoms with Gasteiger partial charge in [0.15, 0.2) is 0 Å². The summed E-state index contributed by atoms with van der Waals surface area (Å²) in [6, 6.07) is 0. The SMILES string of the molecule is CCNCCNC(=O)C1CCCCC1(C)N. The number of hydrogen-bond acceptors (Lipinski definition) is 3. The number of hydrogen-bond donors (Lipinski definition) is 3. The van der Waals surface area contributed by atoms with E-state index in [-0.39, 0.29) is 17.4 Å². The Bertz CT molecular complexity index is 228. The monoisotopic (exact) mass is 227 g/mol. The van der Waals surface area contributed by atoms with Crippen LogP contribution in [0.3, 0.4) is 0 Å². The lowest BCUT2D eigenvalue weighted by Gasteiger charge is -2.37. The lowest BCUT2D eigenvalue weighted by molar-refractivity contribution is -0.128. The quantitative estimate of drug-likeness (QED) is 0.603. The van der Waals surface area contributed by atoms with Crippen LogP contribution in [0.2, 0.25) is 0 Å². The largest absolute Gasteiger partial charge is 0.355 e. The molecule has 1 aliphatic carbocycles. The summed E-state index contributed by atoms with van der Waals surface area (Å²) in [5.41, 5.74) is 5.86. The van der Waals surface area contributed by atoms with E-state index in [0.29, 0.717) is 6.54 Å². The number of rotatable bonds is 5. The van der Waals surface area contributed by atoms with E-state index in [1.165, 1.54) is 0 Å². The van der Waals surface area contributed by atoms with E-state index in [4.69, 9.17) is 5.73 Å². The molecule has 0 aromatic heterocycles. The van der Waals surface area contributed by atoms with Gasteiger partial charge in [-0.15, -0.1) is 0 Å². The molecule has 1 rings (SSSR count). The maximum Gasteiger partial charge on any atom is 0.225 e. The minimum absolute atomic E-state index is 0.0112. The highest BCUT2D eigenvalue weighted by molar-refractivity contribution is 5.80. The summed E-state index contributed by atoms with van der Waals surface area (Å²) in [5, 5.41) is 6.14. The van der Waals surface area contributed by atoms with E-state index < -0.39 is 0 Å². The smallest absolute Gasteiger partial charge is 0.225 e. The fourth-order valence-corrected chi connectivity index (χ4v) is 2.36. The van der Waals surface area contributed by atoms with E-state index in [1.807, 2.05) is 6.92 Å². The van der Waals surface area contributed by atoms with Crippen LogP contribution in [0.5, 0.6) is 0 Å². The molecule has 0 bridgehead atoms. The molecule has 0 heterocycles. The molecule has 0 aromatic rings. The highest BCUT2D eigenvalue weighted by Gasteiger charge is 2.37. The maximum atomic E-state index is 12.0. The molecule has 4 nitrogen and oxygen atoms in total. The highest BCUT2D eigenvalue weighted by Crippen LogP contribution is 2.31. The van der Waals surface area contributed by atoms with Gasteiger partial charge >= 0.3 is 0 Å². The Labute approximate surface area is 98.3 Å². The van der Waals surface area contributed by atoms with Crippen LogP contribution < -0.4 is 16.4 Å². The zero-order valence-corrected chi connectivity index (χ0v) is 10.5. The molecular weight excluding hydrogens is 202 g/mol. The summed E-state index contributed by atoms with van der Waals surface area (Å²) in [6.45, 7) is 6.52. The molecule has 0 saturated heterocycles. The first-order valence-corrected chi connectivity index (χ1v) is 6.35. The second-order valence-electron chi connectivity index (χ2n) is 4.95. The van der Waals surface area contributed by atoms with Gasteiger partial charge in [-0.3, -0.25) is 4.79 Å². The Morgan fingerprint density at radius 1 is 1.44 bits per heavy atom. The van der Waals surface area contributed by atoms with Crippen LogP contribution in [-0.2, 0) is 4.79 Å². The Morgan fingerprint density at radius 2 is 2.19 bits per heavy atom. The molecule has 0 spiro atoms. The van der Waals surface area contributed by atoms with Gasteiger partial charge < -0.3 is 16.4 Å². The second-order valence-corrected chi connectivity index (χ2v) is 4.95. The van der Waals surface area contributed by atoms with E-state index in [1.54, 1.807) is 0 Å². The lowest BCUT2D eigenvalue weighted by Crippen LogP contribution is -2.53. The van der Waals surface area contributed by atoms with E-state index in [2.05, 4.69) is 17.6 Å². The summed E-state index contributed by atoms with van der Waals surface area (Å²) >= 11 is 0. The normalized spacial score (nSPS) is 30.1. The number of amides is 1. The second kappa shape index (κ2) is 6.21. The lowest BCUT2D eigenvalue weighted by atomic mass is 9.74. The zero-order valence-electron chi connectivity index (χ0n) is 10.5. The van der Waals surface area contributed by atoms with Crippen LogP contribution in [0.4, 0.5) is 0 Å². The summed E-state index contributed by atoms with van der Waals surface area (Å²) in [6.07, 6.45) is 4.16. The molecule has 1 aliphatic rings. The Kier molecular flexibility index (Phi) is 5.22. The van der Waals surface area contributed by atoms with Gasteiger partial charge in [-0.05, 0) is 26.3 Å². The molecular formula is C12H25N3O. The number of nitrogens with two attached hydrogens (primary N) is 1. The first-order valence-electron chi connectivity index (χ1n) is 6.35. The van der Waals surface area contributed by atoms with Gasteiger partial charge in [-0.25, -0.2) is 0 Å². The molecule has 0 radical (unpaired) electrons. The van der Waals surface area contributed by atoms with Gasteiger partial charge in [0.25, 0.3) is 0 Å². The molecule has 1 fully saturated rings. The van der Waals surface area contributed by atoms with E-state index >= 15 is 0 Å². The van der Waals surface area contributed by atoms with Crippen molar-refractivity contribution < 1.29 is 4.79 Å². The molecule has 94 valence electrons. The highest BCUT2D eigenvalue weighted by atomic mass is 16.1. The molecule has 0 aromatic carbocycles. The first kappa shape index (κ1) is 13.5. The summed E-state index contributed by atoms with van der Waals surface area (Å²) in [7, 11) is 0. The third kappa shape index (κ3) is 3.76. The molecule has 4 N–H and O–H groups in total. The van der Waals surface area contributed by atoms with Crippen LogP contribution in [0.15, 0.2) is 0 Å². The first-order chi connectivity index (χ1) is 7.58. The third-order valence-corrected chi connectivity index (χ3v) is 3.42. The molecule has 4 heteroatoms. The molecule has 1 amide bonds. The van der Waals surface area contributed by atoms with Crippen molar-refractivity contribution in [2.75, 3.05) is 19.6 Å². The maximum absolute atomic E-state index is 12.0. The van der Waals surface area contributed by atoms with Crippen molar-refractivity contribution in [3.05, 3.63) is 0 Å². The third-order valence-electron chi connectivity index (χ3n) is 3.42. The molecule has 1 saturated carbocycles. The summed E-state index contributed by atoms with van der Waals surface area (Å²) in [5.74, 6) is 0.116. The number of likely N-dealkylation sites (N-methyl/N-ethyl adjacent to an activating group) is 1. The van der Waals surface area contributed by atoms with E-state index in [9.17, 15) is 4.79 Å². The van der Waals surface area contributed by atoms with Crippen LogP contribution in [0.1, 0.15) is 39.5 Å². The predicted molar refractivity (Wildman–Crippen MR) is 66.1 cm³/mol. The van der Waals surface area contributed by atoms with Crippen LogP contribution in [0.25, 0.3) is 0 Å². The van der Waals surface area contributed by atoms with Gasteiger partial charge in [0.2, 0.25) is 5.91 Å². The van der Waals surface area contributed by atoms with Crippen LogP contribution in [0, 0.1) is 5.92 Å². The van der Waals surface area contributed by atoms with Crippen LogP contribution >= 0.6 is 0 Å². The predicted octanol–water partition coefficient (Wildman–Crippen LogP) is 0.620. The van der Waals surface area contributed by atoms with Crippen molar-refractivity contribution in [2.45, 2.75) is 45.1 Å². The fourth-order valence-electron chi connectivity index (χ4n) is 2.36. The molecule has 2 unspecified atom stereocenters. The number of carbonyl (C=O) groups is 1. The zero-order chi connectivity index (χ0) is 12.0. The average Bonchev–Trinajstić information content (AvgIpc) is 2.23. The molecule has 0 aliphatic heterocycles. The minimum atomic E-state index is -0.319. The van der Waals surface area contributed by atoms with Crippen LogP contribution in [-0.4, -0.2) is 31.1 Å². The molecule has 16 heavy (non-hydrogen) atoms. The Balaban J connectivity index is 2.34.